The first-order chi connectivity index (χ1) is 14.3. The predicted molar refractivity (Wildman–Crippen MR) is 119 cm³/mol. The van der Waals surface area contributed by atoms with Crippen molar-refractivity contribution in [3.63, 3.8) is 0 Å². The highest BCUT2D eigenvalue weighted by Gasteiger charge is 2.19. The molecule has 29 heavy (non-hydrogen) atoms. The molecule has 0 spiro atoms. The molecular formula is C26H17ClO2. The van der Waals surface area contributed by atoms with E-state index < -0.39 is 0 Å². The van der Waals surface area contributed by atoms with E-state index in [-0.39, 0.29) is 0 Å². The van der Waals surface area contributed by atoms with Gasteiger partial charge in [0.2, 0.25) is 0 Å². The Kier molecular flexibility index (Phi) is 4.55. The maximum absolute atomic E-state index is 6.67. The largest absolute Gasteiger partial charge is 0.456 e. The van der Waals surface area contributed by atoms with Crippen molar-refractivity contribution in [3.05, 3.63) is 108 Å². The second-order valence-corrected chi connectivity index (χ2v) is 7.10. The molecule has 5 aromatic carbocycles. The van der Waals surface area contributed by atoms with Gasteiger partial charge in [0.1, 0.15) is 23.0 Å². The van der Waals surface area contributed by atoms with E-state index in [9.17, 15) is 0 Å². The van der Waals surface area contributed by atoms with E-state index in [0.29, 0.717) is 5.02 Å². The van der Waals surface area contributed by atoms with Gasteiger partial charge in [-0.2, -0.15) is 0 Å². The SMILES string of the molecule is Clc1cccc2c(Oc3ccccc3)c3ccccc3c(Oc3ccccc3)c12. The Labute approximate surface area is 173 Å². The van der Waals surface area contributed by atoms with E-state index in [2.05, 4.69) is 0 Å². The molecule has 0 aliphatic rings. The van der Waals surface area contributed by atoms with Crippen LogP contribution < -0.4 is 9.47 Å². The lowest BCUT2D eigenvalue weighted by molar-refractivity contribution is 0.486. The molecule has 0 radical (unpaired) electrons. The first-order valence-electron chi connectivity index (χ1n) is 9.40. The van der Waals surface area contributed by atoms with Gasteiger partial charge in [0.15, 0.2) is 0 Å². The first kappa shape index (κ1) is 17.6. The number of para-hydroxylation sites is 2. The molecule has 0 aliphatic carbocycles. The summed E-state index contributed by atoms with van der Waals surface area (Å²) in [5.74, 6) is 3.03. The minimum absolute atomic E-state index is 0.622. The van der Waals surface area contributed by atoms with Crippen LogP contribution in [-0.2, 0) is 0 Å². The summed E-state index contributed by atoms with van der Waals surface area (Å²) in [6, 6.07) is 33.4. The third-order valence-corrected chi connectivity index (χ3v) is 5.14. The van der Waals surface area contributed by atoms with Gasteiger partial charge in [-0.25, -0.2) is 0 Å². The van der Waals surface area contributed by atoms with Crippen LogP contribution in [0.25, 0.3) is 21.5 Å². The lowest BCUT2D eigenvalue weighted by atomic mass is 10.0. The zero-order chi connectivity index (χ0) is 19.6. The Morgan fingerprint density at radius 1 is 0.448 bits per heavy atom. The van der Waals surface area contributed by atoms with Crippen molar-refractivity contribution in [3.8, 4) is 23.0 Å². The predicted octanol–water partition coefficient (Wildman–Crippen LogP) is 8.23. The van der Waals surface area contributed by atoms with Crippen molar-refractivity contribution >= 4 is 33.1 Å². The first-order valence-corrected chi connectivity index (χ1v) is 9.78. The number of hydrogen-bond donors (Lipinski definition) is 0. The smallest absolute Gasteiger partial charge is 0.144 e. The van der Waals surface area contributed by atoms with E-state index in [1.54, 1.807) is 0 Å². The zero-order valence-electron chi connectivity index (χ0n) is 15.5. The Hall–Kier alpha value is -3.49. The third kappa shape index (κ3) is 3.28. The van der Waals surface area contributed by atoms with Crippen molar-refractivity contribution < 1.29 is 9.47 Å². The molecule has 0 N–H and O–H groups in total. The number of halogens is 1. The van der Waals surface area contributed by atoms with E-state index in [4.69, 9.17) is 21.1 Å². The molecule has 5 rings (SSSR count). The third-order valence-electron chi connectivity index (χ3n) is 4.83. The van der Waals surface area contributed by atoms with Crippen molar-refractivity contribution in [2.24, 2.45) is 0 Å². The molecule has 0 amide bonds. The summed E-state index contributed by atoms with van der Waals surface area (Å²) in [5.41, 5.74) is 0. The molecule has 3 heteroatoms. The van der Waals surface area contributed by atoms with Crippen molar-refractivity contribution in [2.45, 2.75) is 0 Å². The number of hydrogen-bond acceptors (Lipinski definition) is 2. The van der Waals surface area contributed by atoms with Crippen molar-refractivity contribution in [1.29, 1.82) is 0 Å². The van der Waals surface area contributed by atoms with Gasteiger partial charge in [-0.05, 0) is 30.3 Å². The standard InChI is InChI=1S/C26H17ClO2/c27-23-17-9-16-22-24(23)26(29-19-12-5-2-6-13-19)21-15-8-7-14-20(21)25(22)28-18-10-3-1-4-11-18/h1-17H. The van der Waals surface area contributed by atoms with Crippen LogP contribution in [0.5, 0.6) is 23.0 Å². The Morgan fingerprint density at radius 3 is 1.55 bits per heavy atom. The van der Waals surface area contributed by atoms with Gasteiger partial charge in [0.25, 0.3) is 0 Å². The van der Waals surface area contributed by atoms with Crippen LogP contribution in [0.2, 0.25) is 5.02 Å². The van der Waals surface area contributed by atoms with Crippen LogP contribution in [0.3, 0.4) is 0 Å². The maximum Gasteiger partial charge on any atom is 0.144 e. The summed E-state index contributed by atoms with van der Waals surface area (Å²) in [5, 5.41) is 4.28. The van der Waals surface area contributed by atoms with Gasteiger partial charge in [0.05, 0.1) is 5.02 Å². The molecule has 0 saturated heterocycles. The van der Waals surface area contributed by atoms with Crippen molar-refractivity contribution in [1.82, 2.24) is 0 Å². The quantitative estimate of drug-likeness (QED) is 0.285. The monoisotopic (exact) mass is 396 g/mol. The summed E-state index contributed by atoms with van der Waals surface area (Å²) < 4.78 is 12.7. The Bertz CT molecular complexity index is 1300. The van der Waals surface area contributed by atoms with Gasteiger partial charge in [-0.15, -0.1) is 0 Å². The van der Waals surface area contributed by atoms with Crippen LogP contribution in [0.15, 0.2) is 103 Å². The van der Waals surface area contributed by atoms with Gasteiger partial charge in [-0.1, -0.05) is 84.4 Å². The fraction of sp³-hybridized carbons (Fsp3) is 0. The zero-order valence-corrected chi connectivity index (χ0v) is 16.3. The highest BCUT2D eigenvalue weighted by Crippen LogP contribution is 2.47. The minimum atomic E-state index is 0.622. The van der Waals surface area contributed by atoms with E-state index >= 15 is 0 Å². The lowest BCUT2D eigenvalue weighted by Gasteiger charge is -2.18. The highest BCUT2D eigenvalue weighted by molar-refractivity contribution is 6.37. The lowest BCUT2D eigenvalue weighted by Crippen LogP contribution is -1.93. The highest BCUT2D eigenvalue weighted by atomic mass is 35.5. The average molecular weight is 397 g/mol. The summed E-state index contributed by atoms with van der Waals surface area (Å²) in [6.07, 6.45) is 0. The molecule has 0 bridgehead atoms. The van der Waals surface area contributed by atoms with Crippen molar-refractivity contribution in [2.75, 3.05) is 0 Å². The molecular weight excluding hydrogens is 380 g/mol. The topological polar surface area (TPSA) is 18.5 Å². The average Bonchev–Trinajstić information content (AvgIpc) is 2.77. The molecule has 0 unspecified atom stereocenters. The number of ether oxygens (including phenoxy) is 2. The van der Waals surface area contributed by atoms with Gasteiger partial charge in [0, 0.05) is 21.5 Å². The number of fused-ring (bicyclic) bond motifs is 2. The van der Waals surface area contributed by atoms with Crippen LogP contribution in [-0.4, -0.2) is 0 Å². The molecule has 0 fully saturated rings. The molecule has 5 aromatic rings. The van der Waals surface area contributed by atoms with E-state index in [0.717, 1.165) is 44.5 Å². The van der Waals surface area contributed by atoms with Gasteiger partial charge < -0.3 is 9.47 Å². The molecule has 0 aliphatic heterocycles. The normalized spacial score (nSPS) is 10.9. The second-order valence-electron chi connectivity index (χ2n) is 6.70. The van der Waals surface area contributed by atoms with Gasteiger partial charge >= 0.3 is 0 Å². The molecule has 140 valence electrons. The van der Waals surface area contributed by atoms with Crippen LogP contribution in [0.4, 0.5) is 0 Å². The fourth-order valence-electron chi connectivity index (χ4n) is 3.53. The minimum Gasteiger partial charge on any atom is -0.456 e. The van der Waals surface area contributed by atoms with E-state index in [1.807, 2.05) is 103 Å². The summed E-state index contributed by atoms with van der Waals surface area (Å²) in [6.45, 7) is 0. The van der Waals surface area contributed by atoms with Crippen LogP contribution in [0.1, 0.15) is 0 Å². The maximum atomic E-state index is 6.67. The molecule has 0 saturated carbocycles. The van der Waals surface area contributed by atoms with Gasteiger partial charge in [-0.3, -0.25) is 0 Å². The summed E-state index contributed by atoms with van der Waals surface area (Å²) in [7, 11) is 0. The summed E-state index contributed by atoms with van der Waals surface area (Å²) in [4.78, 5) is 0. The summed E-state index contributed by atoms with van der Waals surface area (Å²) >= 11 is 6.67. The van der Waals surface area contributed by atoms with E-state index in [1.165, 1.54) is 0 Å². The number of rotatable bonds is 4. The molecule has 0 heterocycles. The number of benzene rings is 5. The fourth-order valence-corrected chi connectivity index (χ4v) is 3.79. The van der Waals surface area contributed by atoms with Crippen LogP contribution >= 0.6 is 11.6 Å². The van der Waals surface area contributed by atoms with Crippen LogP contribution in [0, 0.1) is 0 Å². The Balaban J connectivity index is 1.82. The molecule has 0 atom stereocenters. The Morgan fingerprint density at radius 2 is 0.931 bits per heavy atom. The second kappa shape index (κ2) is 7.50. The molecule has 2 nitrogen and oxygen atoms in total. The molecule has 0 aromatic heterocycles.